The van der Waals surface area contributed by atoms with Crippen LogP contribution < -0.4 is 0 Å². The zero-order valence-corrected chi connectivity index (χ0v) is 10.3. The summed E-state index contributed by atoms with van der Waals surface area (Å²) < 4.78 is 12.1. The molecule has 0 fully saturated rings. The zero-order chi connectivity index (χ0) is 13.0. The Morgan fingerprint density at radius 1 is 1.22 bits per heavy atom. The molecule has 1 heterocycles. The maximum Gasteiger partial charge on any atom is 0.335 e. The van der Waals surface area contributed by atoms with Crippen LogP contribution >= 0.6 is 0 Å². The second kappa shape index (κ2) is 5.55. The van der Waals surface area contributed by atoms with Crippen LogP contribution in [0.15, 0.2) is 53.6 Å². The molecule has 0 saturated carbocycles. The van der Waals surface area contributed by atoms with E-state index in [9.17, 15) is 9.00 Å². The molecule has 0 aliphatic heterocycles. The van der Waals surface area contributed by atoms with Crippen molar-refractivity contribution >= 4 is 16.8 Å². The summed E-state index contributed by atoms with van der Waals surface area (Å²) in [6, 6.07) is 11.6. The molecule has 0 amide bonds. The van der Waals surface area contributed by atoms with Crippen molar-refractivity contribution in [1.82, 2.24) is 4.98 Å². The highest BCUT2D eigenvalue weighted by Gasteiger charge is 2.09. The summed E-state index contributed by atoms with van der Waals surface area (Å²) in [4.78, 5) is 15.4. The summed E-state index contributed by atoms with van der Waals surface area (Å²) in [5.41, 5.74) is 0.860. The molecule has 4 nitrogen and oxygen atoms in total. The van der Waals surface area contributed by atoms with Gasteiger partial charge in [-0.05, 0) is 30.3 Å². The molecular formula is C13H11NO3S. The Kier molecular flexibility index (Phi) is 3.84. The third kappa shape index (κ3) is 3.01. The summed E-state index contributed by atoms with van der Waals surface area (Å²) in [5, 5.41) is 8.87. The predicted molar refractivity (Wildman–Crippen MR) is 67.8 cm³/mol. The summed E-state index contributed by atoms with van der Waals surface area (Å²) in [6.45, 7) is 0. The van der Waals surface area contributed by atoms with Crippen LogP contribution in [0.2, 0.25) is 0 Å². The quantitative estimate of drug-likeness (QED) is 0.915. The number of aromatic carboxylic acids is 1. The van der Waals surface area contributed by atoms with E-state index in [4.69, 9.17) is 5.11 Å². The SMILES string of the molecule is O=C(O)c1cccc(S(=O)Cc2ccccn2)c1. The van der Waals surface area contributed by atoms with E-state index in [0.717, 1.165) is 5.69 Å². The van der Waals surface area contributed by atoms with E-state index < -0.39 is 16.8 Å². The minimum absolute atomic E-state index is 0.141. The normalized spacial score (nSPS) is 12.0. The third-order valence-electron chi connectivity index (χ3n) is 2.35. The van der Waals surface area contributed by atoms with Crippen molar-refractivity contribution in [2.24, 2.45) is 0 Å². The zero-order valence-electron chi connectivity index (χ0n) is 9.45. The number of aromatic nitrogens is 1. The lowest BCUT2D eigenvalue weighted by Crippen LogP contribution is -2.01. The van der Waals surface area contributed by atoms with Crippen LogP contribution in [0.4, 0.5) is 0 Å². The first-order chi connectivity index (χ1) is 8.66. The van der Waals surface area contributed by atoms with Crippen molar-refractivity contribution in [2.75, 3.05) is 0 Å². The van der Waals surface area contributed by atoms with Gasteiger partial charge in [0.25, 0.3) is 0 Å². The number of nitrogens with zero attached hydrogens (tertiary/aromatic N) is 1. The Bertz CT molecular complexity index is 584. The highest BCUT2D eigenvalue weighted by molar-refractivity contribution is 7.84. The van der Waals surface area contributed by atoms with E-state index in [-0.39, 0.29) is 11.3 Å². The van der Waals surface area contributed by atoms with E-state index in [2.05, 4.69) is 4.98 Å². The van der Waals surface area contributed by atoms with Crippen LogP contribution in [0.5, 0.6) is 0 Å². The van der Waals surface area contributed by atoms with E-state index in [1.165, 1.54) is 12.1 Å². The summed E-state index contributed by atoms with van der Waals surface area (Å²) in [7, 11) is -1.29. The van der Waals surface area contributed by atoms with Crippen LogP contribution in [-0.4, -0.2) is 20.3 Å². The average Bonchev–Trinajstić information content (AvgIpc) is 2.40. The third-order valence-corrected chi connectivity index (χ3v) is 3.69. The van der Waals surface area contributed by atoms with Gasteiger partial charge in [-0.1, -0.05) is 12.1 Å². The first kappa shape index (κ1) is 12.4. The van der Waals surface area contributed by atoms with Gasteiger partial charge in [0.15, 0.2) is 0 Å². The molecule has 0 aliphatic carbocycles. The number of carboxylic acids is 1. The molecule has 1 N–H and O–H groups in total. The second-order valence-electron chi connectivity index (χ2n) is 3.64. The van der Waals surface area contributed by atoms with E-state index in [0.29, 0.717) is 4.90 Å². The Hall–Kier alpha value is -2.01. The fourth-order valence-corrected chi connectivity index (χ4v) is 2.57. The number of hydrogen-bond donors (Lipinski definition) is 1. The second-order valence-corrected chi connectivity index (χ2v) is 5.10. The van der Waals surface area contributed by atoms with Gasteiger partial charge in [0.2, 0.25) is 0 Å². The maximum absolute atomic E-state index is 12.1. The lowest BCUT2D eigenvalue weighted by molar-refractivity contribution is 0.0696. The van der Waals surface area contributed by atoms with Crippen LogP contribution in [-0.2, 0) is 16.6 Å². The van der Waals surface area contributed by atoms with Gasteiger partial charge in [-0.3, -0.25) is 9.19 Å². The minimum atomic E-state index is -1.29. The van der Waals surface area contributed by atoms with Gasteiger partial charge in [0, 0.05) is 11.1 Å². The lowest BCUT2D eigenvalue weighted by Gasteiger charge is -2.03. The van der Waals surface area contributed by atoms with Crippen molar-refractivity contribution in [2.45, 2.75) is 10.6 Å². The van der Waals surface area contributed by atoms with Crippen LogP contribution in [0, 0.1) is 0 Å². The molecule has 1 aromatic heterocycles. The Morgan fingerprint density at radius 3 is 2.72 bits per heavy atom. The standard InChI is InChI=1S/C13H11NO3S/c15-13(16)10-4-3-6-12(8-10)18(17)9-11-5-1-2-7-14-11/h1-8H,9H2,(H,15,16). The van der Waals surface area contributed by atoms with Gasteiger partial charge in [0.05, 0.1) is 27.8 Å². The van der Waals surface area contributed by atoms with Crippen molar-refractivity contribution in [3.05, 3.63) is 59.9 Å². The number of benzene rings is 1. The largest absolute Gasteiger partial charge is 0.478 e. The number of pyridine rings is 1. The highest BCUT2D eigenvalue weighted by Crippen LogP contribution is 2.13. The van der Waals surface area contributed by atoms with Gasteiger partial charge < -0.3 is 5.11 Å². The van der Waals surface area contributed by atoms with E-state index >= 15 is 0 Å². The first-order valence-electron chi connectivity index (χ1n) is 5.28. The van der Waals surface area contributed by atoms with E-state index in [1.807, 2.05) is 6.07 Å². The predicted octanol–water partition coefficient (Wildman–Crippen LogP) is 2.09. The van der Waals surface area contributed by atoms with Crippen molar-refractivity contribution in [3.63, 3.8) is 0 Å². The lowest BCUT2D eigenvalue weighted by atomic mass is 10.2. The molecule has 0 spiro atoms. The molecule has 1 unspecified atom stereocenters. The van der Waals surface area contributed by atoms with E-state index in [1.54, 1.807) is 30.5 Å². The molecule has 0 radical (unpaired) electrons. The summed E-state index contributed by atoms with van der Waals surface area (Å²) >= 11 is 0. The fourth-order valence-electron chi connectivity index (χ4n) is 1.47. The van der Waals surface area contributed by atoms with Crippen LogP contribution in [0.1, 0.15) is 16.1 Å². The van der Waals surface area contributed by atoms with Gasteiger partial charge in [0.1, 0.15) is 0 Å². The molecule has 18 heavy (non-hydrogen) atoms. The van der Waals surface area contributed by atoms with Crippen molar-refractivity contribution in [1.29, 1.82) is 0 Å². The average molecular weight is 261 g/mol. The number of carbonyl (C=O) groups is 1. The number of carboxylic acid groups (broad SMARTS) is 1. The molecular weight excluding hydrogens is 250 g/mol. The molecule has 2 rings (SSSR count). The monoisotopic (exact) mass is 261 g/mol. The van der Waals surface area contributed by atoms with Gasteiger partial charge in [-0.2, -0.15) is 0 Å². The Balaban J connectivity index is 2.19. The van der Waals surface area contributed by atoms with Crippen molar-refractivity contribution < 1.29 is 14.1 Å². The van der Waals surface area contributed by atoms with Crippen LogP contribution in [0.25, 0.3) is 0 Å². The molecule has 1 aromatic carbocycles. The molecule has 0 saturated heterocycles. The van der Waals surface area contributed by atoms with Crippen molar-refractivity contribution in [3.8, 4) is 0 Å². The van der Waals surface area contributed by atoms with Crippen LogP contribution in [0.3, 0.4) is 0 Å². The smallest absolute Gasteiger partial charge is 0.335 e. The minimum Gasteiger partial charge on any atom is -0.478 e. The number of hydrogen-bond acceptors (Lipinski definition) is 3. The van der Waals surface area contributed by atoms with Gasteiger partial charge >= 0.3 is 5.97 Å². The molecule has 0 bridgehead atoms. The van der Waals surface area contributed by atoms with Gasteiger partial charge in [-0.25, -0.2) is 4.79 Å². The molecule has 1 atom stereocenters. The Labute approximate surface area is 107 Å². The number of rotatable bonds is 4. The fraction of sp³-hybridized carbons (Fsp3) is 0.0769. The highest BCUT2D eigenvalue weighted by atomic mass is 32.2. The Morgan fingerprint density at radius 2 is 2.06 bits per heavy atom. The molecule has 2 aromatic rings. The van der Waals surface area contributed by atoms with Gasteiger partial charge in [-0.15, -0.1) is 0 Å². The summed E-state index contributed by atoms with van der Waals surface area (Å²) in [5.74, 6) is -0.740. The molecule has 0 aliphatic rings. The topological polar surface area (TPSA) is 67.3 Å². The maximum atomic E-state index is 12.1. The first-order valence-corrected chi connectivity index (χ1v) is 6.60. The molecule has 92 valence electrons. The summed E-state index contributed by atoms with van der Waals surface area (Å²) in [6.07, 6.45) is 1.64. The molecule has 5 heteroatoms.